The predicted octanol–water partition coefficient (Wildman–Crippen LogP) is 1.45. The Morgan fingerprint density at radius 2 is 1.60 bits per heavy atom. The van der Waals surface area contributed by atoms with E-state index in [1.165, 1.54) is 0 Å². The zero-order valence-electron chi connectivity index (χ0n) is 14.5. The van der Waals surface area contributed by atoms with Gasteiger partial charge in [-0.2, -0.15) is 0 Å². The Bertz CT molecular complexity index is 499. The third kappa shape index (κ3) is 7.84. The summed E-state index contributed by atoms with van der Waals surface area (Å²) in [4.78, 5) is 36.1. The van der Waals surface area contributed by atoms with Crippen LogP contribution in [0.5, 0.6) is 0 Å². The van der Waals surface area contributed by atoms with E-state index in [2.05, 4.69) is 13.2 Å². The normalized spacial score (nSPS) is 16.3. The van der Waals surface area contributed by atoms with Gasteiger partial charge in [0.15, 0.2) is 0 Å². The van der Waals surface area contributed by atoms with Crippen LogP contribution in [0.2, 0.25) is 0 Å². The lowest BCUT2D eigenvalue weighted by atomic mass is 9.98. The zero-order valence-corrected chi connectivity index (χ0v) is 14.5. The van der Waals surface area contributed by atoms with Crippen LogP contribution in [-0.2, 0) is 28.5 Å². The maximum Gasteiger partial charge on any atom is 0.409 e. The highest BCUT2D eigenvalue weighted by Gasteiger charge is 2.29. The van der Waals surface area contributed by atoms with Gasteiger partial charge in [-0.3, -0.25) is 0 Å². The molecule has 1 heterocycles. The molecule has 1 amide bonds. The lowest BCUT2D eigenvalue weighted by Gasteiger charge is -2.30. The van der Waals surface area contributed by atoms with E-state index in [9.17, 15) is 14.4 Å². The van der Waals surface area contributed by atoms with Crippen molar-refractivity contribution in [1.29, 1.82) is 0 Å². The smallest absolute Gasteiger partial charge is 0.409 e. The van der Waals surface area contributed by atoms with E-state index in [0.29, 0.717) is 26.3 Å². The Morgan fingerprint density at radius 1 is 1.04 bits per heavy atom. The van der Waals surface area contributed by atoms with Crippen LogP contribution in [0.3, 0.4) is 0 Å². The molecule has 1 rings (SSSR count). The van der Waals surface area contributed by atoms with Gasteiger partial charge in [0.1, 0.15) is 5.60 Å². The minimum atomic E-state index is -0.960. The van der Waals surface area contributed by atoms with Crippen molar-refractivity contribution in [2.24, 2.45) is 0 Å². The maximum atomic E-state index is 11.9. The van der Waals surface area contributed by atoms with E-state index < -0.39 is 23.6 Å². The fourth-order valence-corrected chi connectivity index (χ4v) is 2.13. The van der Waals surface area contributed by atoms with E-state index in [1.54, 1.807) is 11.8 Å². The van der Waals surface area contributed by atoms with Gasteiger partial charge in [-0.25, -0.2) is 14.4 Å². The Labute approximate surface area is 147 Å². The van der Waals surface area contributed by atoms with E-state index >= 15 is 0 Å². The zero-order chi connectivity index (χ0) is 18.7. The molecule has 0 aromatic rings. The van der Waals surface area contributed by atoms with Crippen LogP contribution in [0.15, 0.2) is 25.3 Å². The summed E-state index contributed by atoms with van der Waals surface area (Å²) in [5.74, 6) is -1.16. The third-order valence-corrected chi connectivity index (χ3v) is 3.68. The molecule has 1 aliphatic heterocycles. The largest absolute Gasteiger partial charge is 0.462 e. The first kappa shape index (κ1) is 20.7. The Morgan fingerprint density at radius 3 is 2.16 bits per heavy atom. The van der Waals surface area contributed by atoms with Gasteiger partial charge in [0, 0.05) is 38.1 Å². The molecule has 0 aromatic carbocycles. The predicted molar refractivity (Wildman–Crippen MR) is 88.8 cm³/mol. The molecule has 140 valence electrons. The highest BCUT2D eigenvalue weighted by molar-refractivity contribution is 5.82. The lowest BCUT2D eigenvalue weighted by molar-refractivity contribution is -0.156. The van der Waals surface area contributed by atoms with Crippen molar-refractivity contribution in [3.63, 3.8) is 0 Å². The molecule has 0 saturated carbocycles. The molecule has 0 aromatic heterocycles. The highest BCUT2D eigenvalue weighted by Crippen LogP contribution is 2.21. The number of carbonyl (C=O) groups excluding carboxylic acids is 3. The fraction of sp³-hybridized carbons (Fsp3) is 0.588. The number of hydrogen-bond acceptors (Lipinski definition) is 7. The van der Waals surface area contributed by atoms with Crippen molar-refractivity contribution in [3.8, 4) is 0 Å². The summed E-state index contributed by atoms with van der Waals surface area (Å²) >= 11 is 0. The number of esters is 2. The SMILES string of the molecule is C=CC(=O)OCCC(C)(CCOC(=O)N1CCOCC1)OC(=O)C=C. The second-order valence-corrected chi connectivity index (χ2v) is 5.66. The van der Waals surface area contributed by atoms with Gasteiger partial charge >= 0.3 is 18.0 Å². The molecule has 1 unspecified atom stereocenters. The number of amides is 1. The van der Waals surface area contributed by atoms with Crippen LogP contribution in [0.25, 0.3) is 0 Å². The first-order chi connectivity index (χ1) is 11.9. The monoisotopic (exact) mass is 355 g/mol. The van der Waals surface area contributed by atoms with Crippen molar-refractivity contribution in [2.75, 3.05) is 39.5 Å². The topological polar surface area (TPSA) is 91.4 Å². The van der Waals surface area contributed by atoms with E-state index in [-0.39, 0.29) is 26.1 Å². The second-order valence-electron chi connectivity index (χ2n) is 5.66. The van der Waals surface area contributed by atoms with Crippen molar-refractivity contribution >= 4 is 18.0 Å². The van der Waals surface area contributed by atoms with Crippen LogP contribution in [0, 0.1) is 0 Å². The number of carbonyl (C=O) groups is 3. The van der Waals surface area contributed by atoms with E-state index in [0.717, 1.165) is 12.2 Å². The molecule has 1 fully saturated rings. The first-order valence-corrected chi connectivity index (χ1v) is 8.04. The number of hydrogen-bond donors (Lipinski definition) is 0. The van der Waals surface area contributed by atoms with Crippen molar-refractivity contribution in [1.82, 2.24) is 4.90 Å². The van der Waals surface area contributed by atoms with Gasteiger partial charge in [0.2, 0.25) is 0 Å². The molecule has 8 heteroatoms. The molecule has 1 aliphatic rings. The molecule has 8 nitrogen and oxygen atoms in total. The van der Waals surface area contributed by atoms with Crippen LogP contribution in [0.1, 0.15) is 19.8 Å². The molecular weight excluding hydrogens is 330 g/mol. The summed E-state index contributed by atoms with van der Waals surface area (Å²) in [5.41, 5.74) is -0.960. The van der Waals surface area contributed by atoms with Crippen LogP contribution in [-0.4, -0.2) is 68.0 Å². The van der Waals surface area contributed by atoms with Gasteiger partial charge in [-0.05, 0) is 6.92 Å². The van der Waals surface area contributed by atoms with Crippen molar-refractivity contribution in [3.05, 3.63) is 25.3 Å². The van der Waals surface area contributed by atoms with Crippen molar-refractivity contribution in [2.45, 2.75) is 25.4 Å². The molecular formula is C17H25NO7. The van der Waals surface area contributed by atoms with Gasteiger partial charge in [0.25, 0.3) is 0 Å². The quantitative estimate of drug-likeness (QED) is 0.351. The number of rotatable bonds is 9. The highest BCUT2D eigenvalue weighted by atomic mass is 16.6. The molecule has 0 radical (unpaired) electrons. The average Bonchev–Trinajstić information content (AvgIpc) is 2.61. The van der Waals surface area contributed by atoms with Crippen LogP contribution in [0.4, 0.5) is 4.79 Å². The summed E-state index contributed by atoms with van der Waals surface area (Å²) in [7, 11) is 0. The maximum absolute atomic E-state index is 11.9. The molecule has 1 atom stereocenters. The molecule has 25 heavy (non-hydrogen) atoms. The molecule has 0 spiro atoms. The Kier molecular flexibility index (Phi) is 8.69. The molecule has 0 N–H and O–H groups in total. The van der Waals surface area contributed by atoms with E-state index in [1.807, 2.05) is 0 Å². The summed E-state index contributed by atoms with van der Waals surface area (Å²) in [6.07, 6.45) is 2.18. The Hall–Kier alpha value is -2.35. The number of morpholine rings is 1. The first-order valence-electron chi connectivity index (χ1n) is 8.04. The minimum Gasteiger partial charge on any atom is -0.462 e. The molecule has 1 saturated heterocycles. The minimum absolute atomic E-state index is 0.0448. The summed E-state index contributed by atoms with van der Waals surface area (Å²) in [5, 5.41) is 0. The summed E-state index contributed by atoms with van der Waals surface area (Å²) in [6.45, 7) is 10.4. The Balaban J connectivity index is 2.49. The third-order valence-electron chi connectivity index (χ3n) is 3.68. The lowest BCUT2D eigenvalue weighted by Crippen LogP contribution is -2.42. The number of nitrogens with zero attached hydrogens (tertiary/aromatic N) is 1. The number of ether oxygens (including phenoxy) is 4. The van der Waals surface area contributed by atoms with Gasteiger partial charge in [-0.15, -0.1) is 0 Å². The second kappa shape index (κ2) is 10.5. The molecule has 0 aliphatic carbocycles. The van der Waals surface area contributed by atoms with Gasteiger partial charge < -0.3 is 23.8 Å². The van der Waals surface area contributed by atoms with Gasteiger partial charge in [-0.1, -0.05) is 13.2 Å². The standard InChI is InChI=1S/C17H25NO7/c1-4-14(19)23-10-6-17(3,25-15(20)5-2)7-11-24-16(21)18-8-12-22-13-9-18/h4-5H,1-2,6-13H2,3H3. The average molecular weight is 355 g/mol. The summed E-state index contributed by atoms with van der Waals surface area (Å²) < 4.78 is 20.7. The van der Waals surface area contributed by atoms with Crippen LogP contribution < -0.4 is 0 Å². The van der Waals surface area contributed by atoms with Crippen LogP contribution >= 0.6 is 0 Å². The fourth-order valence-electron chi connectivity index (χ4n) is 2.13. The molecule has 0 bridgehead atoms. The van der Waals surface area contributed by atoms with Gasteiger partial charge in [0.05, 0.1) is 26.4 Å². The van der Waals surface area contributed by atoms with Crippen molar-refractivity contribution < 1.29 is 33.3 Å². The van der Waals surface area contributed by atoms with E-state index in [4.69, 9.17) is 18.9 Å². The summed E-state index contributed by atoms with van der Waals surface area (Å²) in [6, 6.07) is 0.